The zero-order valence-electron chi connectivity index (χ0n) is 27.5. The van der Waals surface area contributed by atoms with Gasteiger partial charge in [-0.1, -0.05) is 126 Å². The van der Waals surface area contributed by atoms with E-state index in [-0.39, 0.29) is 20.3 Å². The van der Waals surface area contributed by atoms with E-state index in [1.54, 1.807) is 0 Å². The number of aryl methyl sites for hydroxylation is 2. The topological polar surface area (TPSA) is 0 Å². The van der Waals surface area contributed by atoms with E-state index < -0.39 is 0 Å². The molecule has 222 valence electrons. The molecule has 0 heterocycles. The van der Waals surface area contributed by atoms with Crippen LogP contribution in [-0.4, -0.2) is 6.88 Å². The molecule has 0 saturated heterocycles. The van der Waals surface area contributed by atoms with Crippen molar-refractivity contribution >= 4 is 28.4 Å². The van der Waals surface area contributed by atoms with Crippen molar-refractivity contribution in [3.8, 4) is 22.3 Å². The molecule has 0 aliphatic rings. The molecule has 0 bridgehead atoms. The van der Waals surface area contributed by atoms with Crippen LogP contribution in [0.4, 0.5) is 0 Å². The molecule has 0 saturated carbocycles. The molecular formula is C41H46SiZr-4. The minimum absolute atomic E-state index is 0. The third-order valence-electron chi connectivity index (χ3n) is 7.84. The van der Waals surface area contributed by atoms with Crippen LogP contribution in [0.15, 0.2) is 109 Å². The van der Waals surface area contributed by atoms with Crippen LogP contribution < -0.4 is 0 Å². The van der Waals surface area contributed by atoms with Crippen molar-refractivity contribution in [2.24, 2.45) is 0 Å². The van der Waals surface area contributed by atoms with Gasteiger partial charge in [-0.25, -0.2) is 0 Å². The van der Waals surface area contributed by atoms with Crippen molar-refractivity contribution in [1.29, 1.82) is 0 Å². The van der Waals surface area contributed by atoms with Crippen molar-refractivity contribution in [3.05, 3.63) is 146 Å². The molecule has 6 aromatic rings. The average molecular weight is 658 g/mol. The molecule has 43 heavy (non-hydrogen) atoms. The first kappa shape index (κ1) is 36.4. The third kappa shape index (κ3) is 8.43. The summed E-state index contributed by atoms with van der Waals surface area (Å²) in [6.45, 7) is 18.7. The Morgan fingerprint density at radius 3 is 1.86 bits per heavy atom. The Labute approximate surface area is 278 Å². The summed E-state index contributed by atoms with van der Waals surface area (Å²) in [4.78, 5) is 0. The summed E-state index contributed by atoms with van der Waals surface area (Å²) in [7, 11) is 0. The predicted molar refractivity (Wildman–Crippen MR) is 191 cm³/mol. The third-order valence-corrected chi connectivity index (χ3v) is 7.84. The van der Waals surface area contributed by atoms with Crippen LogP contribution in [0.2, 0.25) is 0 Å². The molecule has 0 unspecified atom stereocenters. The van der Waals surface area contributed by atoms with Gasteiger partial charge in [-0.2, -0.15) is 12.1 Å². The van der Waals surface area contributed by atoms with E-state index in [0.29, 0.717) is 5.92 Å². The van der Waals surface area contributed by atoms with E-state index in [9.17, 15) is 0 Å². The zero-order valence-corrected chi connectivity index (χ0v) is 30.9. The van der Waals surface area contributed by atoms with Gasteiger partial charge in [0.2, 0.25) is 0 Å². The van der Waals surface area contributed by atoms with Crippen molar-refractivity contribution < 1.29 is 23.3 Å². The fraction of sp³-hybridized carbons (Fsp3) is 0.220. The first-order valence-electron chi connectivity index (χ1n) is 14.4. The Morgan fingerprint density at radius 2 is 1.26 bits per heavy atom. The Morgan fingerprint density at radius 1 is 0.651 bits per heavy atom. The summed E-state index contributed by atoms with van der Waals surface area (Å²) in [6.07, 6.45) is 0. The van der Waals surface area contributed by atoms with Gasteiger partial charge in [0.15, 0.2) is 0 Å². The zero-order chi connectivity index (χ0) is 29.7. The van der Waals surface area contributed by atoms with Gasteiger partial charge in [0, 0.05) is 0 Å². The molecule has 0 aliphatic heterocycles. The summed E-state index contributed by atoms with van der Waals surface area (Å²) in [5.74, 6) is 0.584. The van der Waals surface area contributed by atoms with Crippen molar-refractivity contribution in [3.63, 3.8) is 0 Å². The maximum atomic E-state index is 3.06. The maximum absolute atomic E-state index is 3.06. The normalized spacial score (nSPS) is 10.7. The molecule has 6 rings (SSSR count). The Kier molecular flexibility index (Phi) is 13.4. The monoisotopic (exact) mass is 656 g/mol. The van der Waals surface area contributed by atoms with Crippen molar-refractivity contribution in [2.45, 2.75) is 59.8 Å². The summed E-state index contributed by atoms with van der Waals surface area (Å²) in [5.41, 5.74) is 11.0. The first-order chi connectivity index (χ1) is 19.6. The molecule has 0 aromatic heterocycles. The van der Waals surface area contributed by atoms with E-state index in [4.69, 9.17) is 0 Å². The molecule has 0 spiro atoms. The molecule has 6 aromatic carbocycles. The van der Waals surface area contributed by atoms with E-state index in [2.05, 4.69) is 165 Å². The number of rotatable bonds is 3. The van der Waals surface area contributed by atoms with Crippen LogP contribution in [0.3, 0.4) is 0 Å². The summed E-state index contributed by atoms with van der Waals surface area (Å²) in [6, 6.07) is 39.9. The van der Waals surface area contributed by atoms with Crippen LogP contribution in [-0.2, 0) is 28.8 Å². The molecular weight excluding hydrogens is 612 g/mol. The van der Waals surface area contributed by atoms with E-state index in [0.717, 1.165) is 0 Å². The van der Waals surface area contributed by atoms with Crippen LogP contribution >= 0.6 is 0 Å². The first-order valence-corrected chi connectivity index (χ1v) is 18.6. The van der Waals surface area contributed by atoms with Crippen LogP contribution in [0, 0.1) is 28.7 Å². The standard InChI is InChI=1S/C21H23.C18H17.2CH3.Si.Zr/c1-14-12-19-15(2)6-11-18(20(19)13-14)16-7-9-17(10-8-16)21(3,4)5;1-13(2)16-11-15-9-6-10-17(18(15)12-16)14-7-4-3-5-8-14;;;;/h6-13H,1-5H3;3-13H,1-2H3;2*1H3;;/q4*-1;;. The van der Waals surface area contributed by atoms with Crippen LogP contribution in [0.1, 0.15) is 62.8 Å². The molecule has 0 atom stereocenters. The number of fused-ring (bicyclic) bond motifs is 2. The predicted octanol–water partition coefficient (Wildman–Crippen LogP) is 12.0. The van der Waals surface area contributed by atoms with Gasteiger partial charge in [0.1, 0.15) is 0 Å². The van der Waals surface area contributed by atoms with Gasteiger partial charge >= 0.3 is 30.2 Å². The summed E-state index contributed by atoms with van der Waals surface area (Å²) >= 11 is 1.36. The minimum atomic E-state index is 0. The molecule has 0 N–H and O–H groups in total. The van der Waals surface area contributed by atoms with E-state index in [1.165, 1.54) is 89.4 Å². The molecule has 2 radical (unpaired) electrons. The quantitative estimate of drug-likeness (QED) is 0.131. The van der Waals surface area contributed by atoms with Gasteiger partial charge in [-0.15, -0.1) is 68.6 Å². The van der Waals surface area contributed by atoms with E-state index in [1.807, 2.05) is 0 Å². The van der Waals surface area contributed by atoms with Gasteiger partial charge in [0.05, 0.1) is 0 Å². The van der Waals surface area contributed by atoms with Gasteiger partial charge in [-0.3, -0.25) is 0 Å². The second-order valence-electron chi connectivity index (χ2n) is 12.2. The van der Waals surface area contributed by atoms with Gasteiger partial charge in [0.25, 0.3) is 0 Å². The summed E-state index contributed by atoms with van der Waals surface area (Å²) in [5, 5.41) is 5.47. The Hall–Kier alpha value is -2.80. The molecule has 0 aliphatic carbocycles. The number of hydrogen-bond donors (Lipinski definition) is 0. The van der Waals surface area contributed by atoms with Gasteiger partial charge < -0.3 is 14.9 Å². The van der Waals surface area contributed by atoms with Gasteiger partial charge in [-0.05, 0) is 28.0 Å². The van der Waals surface area contributed by atoms with Crippen molar-refractivity contribution in [1.82, 2.24) is 0 Å². The second-order valence-corrected chi connectivity index (χ2v) is 12.2. The van der Waals surface area contributed by atoms with Crippen LogP contribution in [0.25, 0.3) is 43.8 Å². The van der Waals surface area contributed by atoms with E-state index >= 15 is 0 Å². The van der Waals surface area contributed by atoms with Crippen molar-refractivity contribution in [2.75, 3.05) is 0 Å². The summed E-state index contributed by atoms with van der Waals surface area (Å²) < 4.78 is 0. The molecule has 0 amide bonds. The second kappa shape index (κ2) is 15.8. The molecule has 2 heteroatoms. The fourth-order valence-electron chi connectivity index (χ4n) is 5.45. The number of benzene rings is 4. The molecule has 0 nitrogen and oxygen atoms in total. The Balaban J connectivity index is 0.000000274. The number of hydrogen-bond acceptors (Lipinski definition) is 0. The fourth-order valence-corrected chi connectivity index (χ4v) is 5.45. The molecule has 0 fully saturated rings. The Bertz CT molecular complexity index is 1720. The average Bonchev–Trinajstić information content (AvgIpc) is 3.59. The van der Waals surface area contributed by atoms with Crippen LogP contribution in [0.5, 0.6) is 0 Å². The SMILES string of the molecule is CC(C)c1cc2c(-c3ccccc3)cccc2[cH-]1.Cc1cc2c(-c3ccc(C(C)(C)C)cc3)ccc(C)c2[cH-]1.[CH3-].[CH3-].[Si]=[Zr].